The van der Waals surface area contributed by atoms with Gasteiger partial charge in [-0.1, -0.05) is 6.92 Å². The fraction of sp³-hybridized carbons (Fsp3) is 0.500. The Hall–Kier alpha value is -1.30. The third kappa shape index (κ3) is 1.58. The van der Waals surface area contributed by atoms with E-state index < -0.39 is 0 Å². The number of nitriles is 1. The summed E-state index contributed by atoms with van der Waals surface area (Å²) in [4.78, 5) is 0. The Morgan fingerprint density at radius 1 is 1.73 bits per heavy atom. The van der Waals surface area contributed by atoms with Gasteiger partial charge in [0, 0.05) is 12.7 Å². The van der Waals surface area contributed by atoms with Gasteiger partial charge in [0.15, 0.2) is 0 Å². The van der Waals surface area contributed by atoms with Crippen LogP contribution in [0, 0.1) is 11.3 Å². The Labute approximate surface area is 66.3 Å². The van der Waals surface area contributed by atoms with E-state index in [1.165, 1.54) is 5.69 Å². The van der Waals surface area contributed by atoms with Crippen LogP contribution in [0.5, 0.6) is 0 Å². The van der Waals surface area contributed by atoms with Crippen molar-refractivity contribution in [3.63, 3.8) is 0 Å². The Kier molecular flexibility index (Phi) is 2.27. The molecule has 0 aromatic carbocycles. The van der Waals surface area contributed by atoms with E-state index in [0.29, 0.717) is 6.42 Å². The van der Waals surface area contributed by atoms with Crippen molar-refractivity contribution in [1.29, 1.82) is 5.26 Å². The summed E-state index contributed by atoms with van der Waals surface area (Å²) in [5, 5.41) is 12.6. The molecule has 0 aliphatic rings. The summed E-state index contributed by atoms with van der Waals surface area (Å²) < 4.78 is 1.83. The Balaban J connectivity index is 2.88. The topological polar surface area (TPSA) is 41.6 Å². The molecule has 58 valence electrons. The molecule has 0 unspecified atom stereocenters. The van der Waals surface area contributed by atoms with E-state index >= 15 is 0 Å². The highest BCUT2D eigenvalue weighted by Gasteiger charge is 2.01. The zero-order valence-corrected chi connectivity index (χ0v) is 6.83. The van der Waals surface area contributed by atoms with Gasteiger partial charge >= 0.3 is 0 Å². The molecule has 0 aliphatic heterocycles. The van der Waals surface area contributed by atoms with Crippen LogP contribution < -0.4 is 0 Å². The van der Waals surface area contributed by atoms with Crippen LogP contribution in [0.4, 0.5) is 0 Å². The van der Waals surface area contributed by atoms with Gasteiger partial charge in [-0.15, -0.1) is 0 Å². The fourth-order valence-electron chi connectivity index (χ4n) is 1.07. The minimum Gasteiger partial charge on any atom is -0.272 e. The van der Waals surface area contributed by atoms with Crippen LogP contribution >= 0.6 is 0 Å². The number of rotatable bonds is 2. The predicted octanol–water partition coefficient (Wildman–Crippen LogP) is 1.05. The SMILES string of the molecule is CCc1cc(CC#N)nn1C. The minimum absolute atomic E-state index is 0.411. The van der Waals surface area contributed by atoms with Crippen LogP contribution in [0.15, 0.2) is 6.07 Å². The van der Waals surface area contributed by atoms with Gasteiger partial charge < -0.3 is 0 Å². The van der Waals surface area contributed by atoms with Gasteiger partial charge in [-0.25, -0.2) is 0 Å². The monoisotopic (exact) mass is 149 g/mol. The zero-order valence-electron chi connectivity index (χ0n) is 6.83. The summed E-state index contributed by atoms with van der Waals surface area (Å²) in [6, 6.07) is 4.05. The largest absolute Gasteiger partial charge is 0.272 e. The summed E-state index contributed by atoms with van der Waals surface area (Å²) in [5.74, 6) is 0. The quantitative estimate of drug-likeness (QED) is 0.630. The molecule has 1 aromatic rings. The summed E-state index contributed by atoms with van der Waals surface area (Å²) in [7, 11) is 1.90. The maximum absolute atomic E-state index is 8.39. The van der Waals surface area contributed by atoms with Gasteiger partial charge in [-0.3, -0.25) is 4.68 Å². The molecule has 0 N–H and O–H groups in total. The molecule has 0 aliphatic carbocycles. The first-order valence-electron chi connectivity index (χ1n) is 3.66. The summed E-state index contributed by atoms with van der Waals surface area (Å²) in [6.07, 6.45) is 1.38. The summed E-state index contributed by atoms with van der Waals surface area (Å²) >= 11 is 0. The number of nitrogens with zero attached hydrogens (tertiary/aromatic N) is 3. The van der Waals surface area contributed by atoms with Crippen molar-refractivity contribution in [2.75, 3.05) is 0 Å². The van der Waals surface area contributed by atoms with Crippen LogP contribution in [0.25, 0.3) is 0 Å². The molecule has 1 aromatic heterocycles. The third-order valence-corrected chi connectivity index (χ3v) is 1.65. The standard InChI is InChI=1S/C8H11N3/c1-3-8-6-7(4-5-9)10-11(8)2/h6H,3-4H2,1-2H3. The van der Waals surface area contributed by atoms with Crippen LogP contribution in [-0.4, -0.2) is 9.78 Å². The molecule has 0 saturated heterocycles. The van der Waals surface area contributed by atoms with Crippen LogP contribution in [-0.2, 0) is 19.9 Å². The molecule has 1 rings (SSSR count). The first-order chi connectivity index (χ1) is 5.27. The fourth-order valence-corrected chi connectivity index (χ4v) is 1.07. The van der Waals surface area contributed by atoms with Crippen LogP contribution in [0.1, 0.15) is 18.3 Å². The molecular formula is C8H11N3. The van der Waals surface area contributed by atoms with Gasteiger partial charge in [0.25, 0.3) is 0 Å². The molecule has 0 bridgehead atoms. The second-order valence-electron chi connectivity index (χ2n) is 2.44. The molecule has 0 saturated carbocycles. The van der Waals surface area contributed by atoms with Gasteiger partial charge in [0.2, 0.25) is 0 Å². The average Bonchev–Trinajstić information content (AvgIpc) is 2.32. The molecule has 11 heavy (non-hydrogen) atoms. The highest BCUT2D eigenvalue weighted by Crippen LogP contribution is 2.03. The van der Waals surface area contributed by atoms with Crippen molar-refractivity contribution in [3.8, 4) is 6.07 Å². The maximum atomic E-state index is 8.39. The van der Waals surface area contributed by atoms with E-state index in [9.17, 15) is 0 Å². The predicted molar refractivity (Wildman–Crippen MR) is 41.9 cm³/mol. The lowest BCUT2D eigenvalue weighted by Gasteiger charge is -1.92. The smallest absolute Gasteiger partial charge is 0.0793 e. The maximum Gasteiger partial charge on any atom is 0.0793 e. The Morgan fingerprint density at radius 2 is 2.45 bits per heavy atom. The highest BCUT2D eigenvalue weighted by molar-refractivity contribution is 5.13. The number of hydrogen-bond acceptors (Lipinski definition) is 2. The highest BCUT2D eigenvalue weighted by atomic mass is 15.3. The first-order valence-corrected chi connectivity index (χ1v) is 3.66. The van der Waals surface area contributed by atoms with E-state index in [1.807, 2.05) is 17.8 Å². The summed E-state index contributed by atoms with van der Waals surface area (Å²) in [6.45, 7) is 2.08. The van der Waals surface area contributed by atoms with Gasteiger partial charge in [-0.05, 0) is 12.5 Å². The first kappa shape index (κ1) is 7.80. The molecule has 3 nitrogen and oxygen atoms in total. The molecule has 0 atom stereocenters. The van der Waals surface area contributed by atoms with Crippen molar-refractivity contribution >= 4 is 0 Å². The van der Waals surface area contributed by atoms with Crippen molar-refractivity contribution in [1.82, 2.24) is 9.78 Å². The summed E-state index contributed by atoms with van der Waals surface area (Å²) in [5.41, 5.74) is 2.04. The number of hydrogen-bond donors (Lipinski definition) is 0. The lowest BCUT2D eigenvalue weighted by Crippen LogP contribution is -1.96. The normalized spacial score (nSPS) is 9.55. The molecule has 0 fully saturated rings. The second kappa shape index (κ2) is 3.20. The van der Waals surface area contributed by atoms with Gasteiger partial charge in [0.05, 0.1) is 18.2 Å². The average molecular weight is 149 g/mol. The van der Waals surface area contributed by atoms with Crippen LogP contribution in [0.3, 0.4) is 0 Å². The molecule has 0 radical (unpaired) electrons. The minimum atomic E-state index is 0.411. The van der Waals surface area contributed by atoms with E-state index in [2.05, 4.69) is 18.1 Å². The molecule has 1 heterocycles. The number of aromatic nitrogens is 2. The van der Waals surface area contributed by atoms with E-state index in [4.69, 9.17) is 5.26 Å². The second-order valence-corrected chi connectivity index (χ2v) is 2.44. The van der Waals surface area contributed by atoms with E-state index in [0.717, 1.165) is 12.1 Å². The van der Waals surface area contributed by atoms with Gasteiger partial charge in [0.1, 0.15) is 0 Å². The lowest BCUT2D eigenvalue weighted by molar-refractivity contribution is 0.708. The van der Waals surface area contributed by atoms with E-state index in [1.54, 1.807) is 0 Å². The van der Waals surface area contributed by atoms with Gasteiger partial charge in [-0.2, -0.15) is 10.4 Å². The van der Waals surface area contributed by atoms with Crippen LogP contribution in [0.2, 0.25) is 0 Å². The Morgan fingerprint density at radius 3 is 2.91 bits per heavy atom. The lowest BCUT2D eigenvalue weighted by atomic mass is 10.3. The Bertz CT molecular complexity index is 280. The number of aryl methyl sites for hydroxylation is 2. The molecular weight excluding hydrogens is 138 g/mol. The van der Waals surface area contributed by atoms with E-state index in [-0.39, 0.29) is 0 Å². The molecule has 0 spiro atoms. The molecule has 0 amide bonds. The van der Waals surface area contributed by atoms with Crippen molar-refractivity contribution in [2.45, 2.75) is 19.8 Å². The van der Waals surface area contributed by atoms with Crippen molar-refractivity contribution in [3.05, 3.63) is 17.5 Å². The van der Waals surface area contributed by atoms with Crippen molar-refractivity contribution in [2.24, 2.45) is 7.05 Å². The third-order valence-electron chi connectivity index (χ3n) is 1.65. The molecule has 3 heteroatoms. The van der Waals surface area contributed by atoms with Crippen molar-refractivity contribution < 1.29 is 0 Å². The zero-order chi connectivity index (χ0) is 8.27.